The molecule has 0 fully saturated rings. The van der Waals surface area contributed by atoms with Crippen molar-refractivity contribution >= 4 is 90.6 Å². The minimum Gasteiger partial charge on any atom is -0.332 e. The van der Waals surface area contributed by atoms with Gasteiger partial charge in [-0.15, -0.1) is 0 Å². The topological polar surface area (TPSA) is 147 Å². The van der Waals surface area contributed by atoms with Gasteiger partial charge < -0.3 is 21.3 Å². The fourth-order valence-corrected chi connectivity index (χ4v) is 4.37. The smallest absolute Gasteiger partial charge is 0.269 e. The maximum atomic E-state index is 10.8. The lowest BCUT2D eigenvalue weighted by Gasteiger charge is -2.12. The molecule has 0 aliphatic heterocycles. The normalized spacial score (nSPS) is 10.6. The number of rotatable bonds is 6. The van der Waals surface area contributed by atoms with E-state index in [4.69, 9.17) is 29.4 Å². The predicted molar refractivity (Wildman–Crippen MR) is 165 cm³/mol. The maximum Gasteiger partial charge on any atom is 0.269 e. The number of pyridine rings is 1. The van der Waals surface area contributed by atoms with Crippen molar-refractivity contribution in [3.63, 3.8) is 0 Å². The summed E-state index contributed by atoms with van der Waals surface area (Å²) in [7, 11) is 0. The zero-order valence-corrected chi connectivity index (χ0v) is 22.1. The van der Waals surface area contributed by atoms with Crippen LogP contribution in [0.2, 0.25) is 0 Å². The van der Waals surface area contributed by atoms with Crippen LogP contribution in [0.4, 0.5) is 34.1 Å². The zero-order chi connectivity index (χ0) is 28.2. The highest BCUT2D eigenvalue weighted by atomic mass is 32.1. The van der Waals surface area contributed by atoms with Gasteiger partial charge in [-0.25, -0.2) is 4.98 Å². The van der Waals surface area contributed by atoms with Gasteiger partial charge in [-0.05, 0) is 79.0 Å². The zero-order valence-electron chi connectivity index (χ0n) is 20.5. The molecule has 40 heavy (non-hydrogen) atoms. The third-order valence-electron chi connectivity index (χ3n) is 5.80. The molecule has 13 heteroatoms. The maximum absolute atomic E-state index is 10.8. The molecule has 0 bridgehead atoms. The minimum absolute atomic E-state index is 0.00168. The number of hydrogen-bond donors (Lipinski definition) is 4. The van der Waals surface area contributed by atoms with E-state index in [1.54, 1.807) is 24.3 Å². The van der Waals surface area contributed by atoms with Crippen LogP contribution in [0, 0.1) is 20.2 Å². The average Bonchev–Trinajstić information content (AvgIpc) is 2.92. The van der Waals surface area contributed by atoms with Crippen molar-refractivity contribution in [1.29, 1.82) is 0 Å². The third kappa shape index (κ3) is 6.23. The Bertz CT molecular complexity index is 1670. The largest absolute Gasteiger partial charge is 0.332 e. The second kappa shape index (κ2) is 11.2. The van der Waals surface area contributed by atoms with E-state index in [-0.39, 0.29) is 11.4 Å². The van der Waals surface area contributed by atoms with Gasteiger partial charge in [0.1, 0.15) is 0 Å². The fourth-order valence-electron chi connectivity index (χ4n) is 3.90. The van der Waals surface area contributed by atoms with E-state index in [0.29, 0.717) is 21.6 Å². The SMILES string of the molecule is O=[N+]([O-])c1ccc(NC(=S)Nc2ccc3cc4ccc(NC(=S)Nc5ccc([N+](=O)[O-])cc5)cc4nc3c2)cc1. The van der Waals surface area contributed by atoms with Crippen molar-refractivity contribution in [1.82, 2.24) is 4.98 Å². The molecule has 0 amide bonds. The van der Waals surface area contributed by atoms with Gasteiger partial charge in [0.15, 0.2) is 10.2 Å². The lowest BCUT2D eigenvalue weighted by Crippen LogP contribution is -2.19. The molecule has 1 heterocycles. The summed E-state index contributed by atoms with van der Waals surface area (Å²) in [5.41, 5.74) is 4.18. The summed E-state index contributed by atoms with van der Waals surface area (Å²) in [6, 6.07) is 25.4. The van der Waals surface area contributed by atoms with Crippen LogP contribution in [0.1, 0.15) is 0 Å². The van der Waals surface area contributed by atoms with Crippen LogP contribution >= 0.6 is 24.4 Å². The number of nitrogens with zero attached hydrogens (tertiary/aromatic N) is 3. The Labute approximate surface area is 237 Å². The van der Waals surface area contributed by atoms with Crippen LogP contribution in [0.15, 0.2) is 91.0 Å². The van der Waals surface area contributed by atoms with Crippen LogP contribution < -0.4 is 21.3 Å². The van der Waals surface area contributed by atoms with E-state index in [1.165, 1.54) is 24.3 Å². The number of fused-ring (bicyclic) bond motifs is 2. The first-order chi connectivity index (χ1) is 19.2. The first-order valence-corrected chi connectivity index (χ1v) is 12.5. The highest BCUT2D eigenvalue weighted by Crippen LogP contribution is 2.25. The van der Waals surface area contributed by atoms with Gasteiger partial charge in [0.05, 0.1) is 20.9 Å². The number of nitro benzene ring substituents is 2. The number of nitrogens with one attached hydrogen (secondary N) is 4. The van der Waals surface area contributed by atoms with E-state index in [0.717, 1.165) is 33.2 Å². The molecular formula is C27H19N7O4S2. The number of anilines is 4. The molecule has 4 N–H and O–H groups in total. The van der Waals surface area contributed by atoms with Gasteiger partial charge in [-0.1, -0.05) is 12.1 Å². The average molecular weight is 570 g/mol. The summed E-state index contributed by atoms with van der Waals surface area (Å²) < 4.78 is 0. The highest BCUT2D eigenvalue weighted by Gasteiger charge is 2.08. The number of thiocarbonyl (C=S) groups is 2. The number of nitro groups is 2. The van der Waals surface area contributed by atoms with E-state index in [2.05, 4.69) is 21.3 Å². The van der Waals surface area contributed by atoms with Crippen molar-refractivity contribution in [2.45, 2.75) is 0 Å². The second-order valence-corrected chi connectivity index (χ2v) is 9.39. The number of hydrogen-bond acceptors (Lipinski definition) is 7. The molecule has 0 saturated heterocycles. The quantitative estimate of drug-likeness (QED) is 0.0739. The highest BCUT2D eigenvalue weighted by molar-refractivity contribution is 7.81. The van der Waals surface area contributed by atoms with Gasteiger partial charge >= 0.3 is 0 Å². The summed E-state index contributed by atoms with van der Waals surface area (Å²) in [6.45, 7) is 0. The summed E-state index contributed by atoms with van der Waals surface area (Å²) in [5.74, 6) is 0. The Balaban J connectivity index is 1.28. The molecule has 0 saturated carbocycles. The van der Waals surface area contributed by atoms with E-state index < -0.39 is 9.85 Å². The third-order valence-corrected chi connectivity index (χ3v) is 6.21. The van der Waals surface area contributed by atoms with Crippen LogP contribution in [-0.2, 0) is 0 Å². The molecule has 198 valence electrons. The van der Waals surface area contributed by atoms with Crippen LogP contribution in [-0.4, -0.2) is 25.1 Å². The molecule has 1 aromatic heterocycles. The fraction of sp³-hybridized carbons (Fsp3) is 0. The van der Waals surface area contributed by atoms with Crippen LogP contribution in [0.3, 0.4) is 0 Å². The Kier molecular flexibility index (Phi) is 7.39. The van der Waals surface area contributed by atoms with E-state index in [9.17, 15) is 20.2 Å². The molecule has 11 nitrogen and oxygen atoms in total. The van der Waals surface area contributed by atoms with Gasteiger partial charge in [0.2, 0.25) is 0 Å². The second-order valence-electron chi connectivity index (χ2n) is 8.57. The molecule has 0 radical (unpaired) electrons. The molecule has 0 unspecified atom stereocenters. The first kappa shape index (κ1) is 26.3. The molecule has 4 aromatic carbocycles. The number of aromatic nitrogens is 1. The van der Waals surface area contributed by atoms with Crippen molar-refractivity contribution in [3.8, 4) is 0 Å². The monoisotopic (exact) mass is 569 g/mol. The standard InChI is InChI=1S/C27H19N7O4S2/c35-33(36)22-9-5-18(6-10-22)28-26(39)30-20-3-1-16-13-17-2-4-21(15-25(17)32-24(16)14-20)31-27(40)29-19-7-11-23(12-8-19)34(37)38/h1-15H,(H2,28,30,39)(H2,29,31,40). The summed E-state index contributed by atoms with van der Waals surface area (Å²) in [6.07, 6.45) is 0. The minimum atomic E-state index is -0.460. The molecule has 0 aliphatic rings. The molecule has 0 atom stereocenters. The molecule has 0 spiro atoms. The van der Waals surface area contributed by atoms with E-state index >= 15 is 0 Å². The van der Waals surface area contributed by atoms with Gasteiger partial charge in [-0.3, -0.25) is 20.2 Å². The van der Waals surface area contributed by atoms with Crippen molar-refractivity contribution < 1.29 is 9.85 Å². The Hall–Kier alpha value is -5.27. The summed E-state index contributed by atoms with van der Waals surface area (Å²) in [4.78, 5) is 25.6. The van der Waals surface area contributed by atoms with Crippen LogP contribution in [0.25, 0.3) is 21.8 Å². The number of benzene rings is 4. The lowest BCUT2D eigenvalue weighted by atomic mass is 10.1. The predicted octanol–water partition coefficient (Wildman–Crippen LogP) is 6.82. The van der Waals surface area contributed by atoms with Crippen molar-refractivity contribution in [2.24, 2.45) is 0 Å². The summed E-state index contributed by atoms with van der Waals surface area (Å²) in [5, 5.41) is 36.5. The molecule has 0 aliphatic carbocycles. The van der Waals surface area contributed by atoms with Gasteiger partial charge in [0.25, 0.3) is 11.4 Å². The summed E-state index contributed by atoms with van der Waals surface area (Å²) >= 11 is 10.8. The number of non-ortho nitro benzene ring substituents is 2. The molecule has 5 rings (SSSR count). The van der Waals surface area contributed by atoms with Gasteiger partial charge in [-0.2, -0.15) is 0 Å². The van der Waals surface area contributed by atoms with Crippen molar-refractivity contribution in [3.05, 3.63) is 111 Å². The first-order valence-electron chi connectivity index (χ1n) is 11.7. The van der Waals surface area contributed by atoms with Crippen LogP contribution in [0.5, 0.6) is 0 Å². The molecule has 5 aromatic rings. The Morgan fingerprint density at radius 3 is 1.27 bits per heavy atom. The van der Waals surface area contributed by atoms with Crippen molar-refractivity contribution in [2.75, 3.05) is 21.3 Å². The van der Waals surface area contributed by atoms with Gasteiger partial charge in [0, 0.05) is 57.8 Å². The Morgan fingerprint density at radius 1 is 0.550 bits per heavy atom. The Morgan fingerprint density at radius 2 is 0.900 bits per heavy atom. The lowest BCUT2D eigenvalue weighted by molar-refractivity contribution is -0.385. The molecular weight excluding hydrogens is 550 g/mol. The van der Waals surface area contributed by atoms with E-state index in [1.807, 2.05) is 42.5 Å².